The summed E-state index contributed by atoms with van der Waals surface area (Å²) in [5, 5.41) is 0. The minimum absolute atomic E-state index is 0.295. The number of hydrogen-bond acceptors (Lipinski definition) is 3. The Hall–Kier alpha value is -3.66. The fourth-order valence-corrected chi connectivity index (χ4v) is 2.93. The van der Waals surface area contributed by atoms with Crippen molar-refractivity contribution in [3.63, 3.8) is 0 Å². The van der Waals surface area contributed by atoms with Gasteiger partial charge in [0.05, 0.1) is 18.5 Å². The fourth-order valence-electron chi connectivity index (χ4n) is 2.93. The lowest BCUT2D eigenvalue weighted by Crippen LogP contribution is -2.01. The minimum Gasteiger partial charge on any atom is -0.493 e. The third-order valence-corrected chi connectivity index (χ3v) is 4.42. The average molecular weight is 385 g/mol. The van der Waals surface area contributed by atoms with Crippen molar-refractivity contribution in [3.8, 4) is 28.5 Å². The molecule has 0 aliphatic carbocycles. The van der Waals surface area contributed by atoms with Crippen LogP contribution in [0.2, 0.25) is 0 Å². The van der Waals surface area contributed by atoms with Crippen molar-refractivity contribution >= 4 is 0 Å². The van der Waals surface area contributed by atoms with E-state index >= 15 is 0 Å². The topological polar surface area (TPSA) is 31.4 Å². The lowest BCUT2D eigenvalue weighted by Gasteiger charge is -2.09. The summed E-state index contributed by atoms with van der Waals surface area (Å²) >= 11 is 0. The van der Waals surface area contributed by atoms with Crippen LogP contribution in [0.15, 0.2) is 97.2 Å². The number of pyridine rings is 1. The minimum atomic E-state index is -0.295. The monoisotopic (exact) mass is 385 g/mol. The van der Waals surface area contributed by atoms with E-state index in [0.29, 0.717) is 18.1 Å². The molecule has 0 saturated carbocycles. The molecule has 0 fully saturated rings. The zero-order chi connectivity index (χ0) is 19.9. The van der Waals surface area contributed by atoms with Crippen LogP contribution in [0.25, 0.3) is 11.3 Å². The van der Waals surface area contributed by atoms with E-state index < -0.39 is 0 Å². The summed E-state index contributed by atoms with van der Waals surface area (Å²) in [6, 6.07) is 27.8. The van der Waals surface area contributed by atoms with Crippen LogP contribution >= 0.6 is 0 Å². The quantitative estimate of drug-likeness (QED) is 0.374. The summed E-state index contributed by atoms with van der Waals surface area (Å²) in [6.45, 7) is 0.616. The smallest absolute Gasteiger partial charge is 0.145 e. The van der Waals surface area contributed by atoms with Crippen LogP contribution in [-0.2, 0) is 6.42 Å². The van der Waals surface area contributed by atoms with Gasteiger partial charge in [0, 0.05) is 12.0 Å². The Morgan fingerprint density at radius 2 is 1.52 bits per heavy atom. The van der Waals surface area contributed by atoms with Gasteiger partial charge < -0.3 is 9.47 Å². The van der Waals surface area contributed by atoms with Crippen molar-refractivity contribution < 1.29 is 13.9 Å². The molecule has 29 heavy (non-hydrogen) atoms. The van der Waals surface area contributed by atoms with Gasteiger partial charge in [-0.2, -0.15) is 0 Å². The molecule has 0 saturated heterocycles. The fraction of sp³-hybridized carbons (Fsp3) is 0.0800. The van der Waals surface area contributed by atoms with Crippen LogP contribution < -0.4 is 9.47 Å². The second kappa shape index (κ2) is 9.02. The van der Waals surface area contributed by atoms with Crippen LogP contribution in [0.4, 0.5) is 4.39 Å². The van der Waals surface area contributed by atoms with Crippen LogP contribution in [0.5, 0.6) is 17.2 Å². The first-order chi connectivity index (χ1) is 14.3. The van der Waals surface area contributed by atoms with E-state index in [0.717, 1.165) is 23.4 Å². The molecule has 0 radical (unpaired) electrons. The normalized spacial score (nSPS) is 10.5. The summed E-state index contributed by atoms with van der Waals surface area (Å²) < 4.78 is 24.6. The molecular formula is C25H20FNO2. The molecular weight excluding hydrogens is 365 g/mol. The number of ether oxygens (including phenoxy) is 2. The maximum atomic E-state index is 13.0. The maximum Gasteiger partial charge on any atom is 0.145 e. The van der Waals surface area contributed by atoms with Crippen LogP contribution in [0, 0.1) is 5.82 Å². The van der Waals surface area contributed by atoms with Gasteiger partial charge in [0.15, 0.2) is 0 Å². The van der Waals surface area contributed by atoms with Crippen LogP contribution in [0.1, 0.15) is 5.56 Å². The molecule has 0 bridgehead atoms. The van der Waals surface area contributed by atoms with Crippen molar-refractivity contribution in [1.29, 1.82) is 0 Å². The Morgan fingerprint density at radius 1 is 0.724 bits per heavy atom. The van der Waals surface area contributed by atoms with Gasteiger partial charge in [-0.25, -0.2) is 4.39 Å². The molecule has 144 valence electrons. The maximum absolute atomic E-state index is 13.0. The largest absolute Gasteiger partial charge is 0.493 e. The lowest BCUT2D eigenvalue weighted by molar-refractivity contribution is 0.322. The highest BCUT2D eigenvalue weighted by atomic mass is 19.1. The van der Waals surface area contributed by atoms with Gasteiger partial charge >= 0.3 is 0 Å². The third kappa shape index (κ3) is 5.20. The lowest BCUT2D eigenvalue weighted by atomic mass is 10.1. The van der Waals surface area contributed by atoms with E-state index in [-0.39, 0.29) is 5.82 Å². The van der Waals surface area contributed by atoms with Gasteiger partial charge in [0.2, 0.25) is 0 Å². The summed E-state index contributed by atoms with van der Waals surface area (Å²) in [7, 11) is 0. The van der Waals surface area contributed by atoms with E-state index in [4.69, 9.17) is 9.47 Å². The van der Waals surface area contributed by atoms with Gasteiger partial charge in [0.25, 0.3) is 0 Å². The van der Waals surface area contributed by atoms with Crippen molar-refractivity contribution in [3.05, 3.63) is 109 Å². The molecule has 3 nitrogen and oxygen atoms in total. The highest BCUT2D eigenvalue weighted by molar-refractivity contribution is 5.61. The first-order valence-electron chi connectivity index (χ1n) is 9.43. The number of nitrogens with zero attached hydrogens (tertiary/aromatic N) is 1. The molecule has 0 aliphatic heterocycles. The first kappa shape index (κ1) is 18.7. The molecule has 0 unspecified atom stereocenters. The SMILES string of the molecule is Fc1ccc(Oc2ccc(-c3cccc(OCCc4ccccc4)c3)nc2)cc1. The number of aromatic nitrogens is 1. The van der Waals surface area contributed by atoms with Gasteiger partial charge in [-0.3, -0.25) is 4.98 Å². The van der Waals surface area contributed by atoms with E-state index in [9.17, 15) is 4.39 Å². The first-order valence-corrected chi connectivity index (χ1v) is 9.43. The zero-order valence-corrected chi connectivity index (χ0v) is 15.8. The summed E-state index contributed by atoms with van der Waals surface area (Å²) in [4.78, 5) is 4.48. The van der Waals surface area contributed by atoms with Gasteiger partial charge in [0.1, 0.15) is 23.1 Å². The standard InChI is InChI=1S/C25H20FNO2/c26-21-9-11-22(12-10-21)29-24-13-14-25(27-18-24)20-7-4-8-23(17-20)28-16-15-19-5-2-1-3-6-19/h1-14,17-18H,15-16H2. The molecule has 4 rings (SSSR count). The number of halogens is 1. The van der Waals surface area contributed by atoms with Gasteiger partial charge in [-0.05, 0) is 54.1 Å². The highest BCUT2D eigenvalue weighted by Crippen LogP contribution is 2.26. The molecule has 0 spiro atoms. The predicted molar refractivity (Wildman–Crippen MR) is 112 cm³/mol. The Kier molecular flexibility index (Phi) is 5.81. The molecule has 3 aromatic carbocycles. The third-order valence-electron chi connectivity index (χ3n) is 4.42. The van der Waals surface area contributed by atoms with Gasteiger partial charge in [-0.15, -0.1) is 0 Å². The molecule has 0 atom stereocenters. The van der Waals surface area contributed by atoms with Crippen LogP contribution in [0.3, 0.4) is 0 Å². The summed E-state index contributed by atoms with van der Waals surface area (Å²) in [6.07, 6.45) is 2.51. The number of benzene rings is 3. The van der Waals surface area contributed by atoms with E-state index in [1.165, 1.54) is 17.7 Å². The van der Waals surface area contributed by atoms with Crippen molar-refractivity contribution in [2.75, 3.05) is 6.61 Å². The molecule has 4 aromatic rings. The average Bonchev–Trinajstić information content (AvgIpc) is 2.77. The van der Waals surface area contributed by atoms with Gasteiger partial charge in [-0.1, -0.05) is 42.5 Å². The Morgan fingerprint density at radius 3 is 2.28 bits per heavy atom. The van der Waals surface area contributed by atoms with E-state index in [1.807, 2.05) is 54.6 Å². The number of hydrogen-bond donors (Lipinski definition) is 0. The zero-order valence-electron chi connectivity index (χ0n) is 15.8. The Bertz CT molecular complexity index is 1050. The molecule has 1 heterocycles. The van der Waals surface area contributed by atoms with Crippen molar-refractivity contribution in [2.45, 2.75) is 6.42 Å². The van der Waals surface area contributed by atoms with Crippen molar-refractivity contribution in [1.82, 2.24) is 4.98 Å². The predicted octanol–water partition coefficient (Wildman–Crippen LogP) is 6.30. The van der Waals surface area contributed by atoms with E-state index in [1.54, 1.807) is 18.3 Å². The molecule has 0 aliphatic rings. The molecule has 4 heteroatoms. The van der Waals surface area contributed by atoms with Crippen LogP contribution in [-0.4, -0.2) is 11.6 Å². The highest BCUT2D eigenvalue weighted by Gasteiger charge is 2.04. The van der Waals surface area contributed by atoms with Crippen molar-refractivity contribution in [2.24, 2.45) is 0 Å². The second-order valence-corrected chi connectivity index (χ2v) is 6.55. The number of rotatable bonds is 7. The second-order valence-electron chi connectivity index (χ2n) is 6.55. The van der Waals surface area contributed by atoms with E-state index in [2.05, 4.69) is 17.1 Å². The summed E-state index contributed by atoms with van der Waals surface area (Å²) in [5.41, 5.74) is 3.04. The molecule has 0 N–H and O–H groups in total. The molecule has 0 amide bonds. The Labute approximate surface area is 169 Å². The molecule has 1 aromatic heterocycles. The summed E-state index contributed by atoms with van der Waals surface area (Å²) in [5.74, 6) is 1.67. The Balaban J connectivity index is 1.39.